The van der Waals surface area contributed by atoms with E-state index in [2.05, 4.69) is 34.7 Å². The highest BCUT2D eigenvalue weighted by atomic mass is 35.5. The van der Waals surface area contributed by atoms with Gasteiger partial charge in [0.25, 0.3) is 0 Å². The summed E-state index contributed by atoms with van der Waals surface area (Å²) in [7, 11) is 0. The van der Waals surface area contributed by atoms with Crippen LogP contribution in [-0.2, 0) is 6.54 Å². The molecular weight excluding hydrogens is 332 g/mol. The van der Waals surface area contributed by atoms with Gasteiger partial charge in [-0.2, -0.15) is 10.2 Å². The Morgan fingerprint density at radius 2 is 1.88 bits per heavy atom. The highest BCUT2D eigenvalue weighted by molar-refractivity contribution is 6.31. The van der Waals surface area contributed by atoms with Crippen LogP contribution in [0.25, 0.3) is 0 Å². The van der Waals surface area contributed by atoms with E-state index in [1.807, 2.05) is 61.1 Å². The third-order valence-corrected chi connectivity index (χ3v) is 4.58. The zero-order valence-corrected chi connectivity index (χ0v) is 15.4. The molecule has 0 radical (unpaired) electrons. The number of hydrazone groups is 1. The van der Waals surface area contributed by atoms with E-state index < -0.39 is 0 Å². The predicted octanol–water partition coefficient (Wildman–Crippen LogP) is 4.96. The van der Waals surface area contributed by atoms with Crippen LogP contribution in [0, 0.1) is 20.8 Å². The molecule has 0 amide bonds. The zero-order chi connectivity index (χ0) is 17.8. The van der Waals surface area contributed by atoms with Crippen molar-refractivity contribution >= 4 is 23.5 Å². The molecule has 5 heteroatoms. The first-order valence-electron chi connectivity index (χ1n) is 8.18. The minimum absolute atomic E-state index is 0.725. The lowest BCUT2D eigenvalue weighted by atomic mass is 10.2. The first-order chi connectivity index (χ1) is 12.0. The van der Waals surface area contributed by atoms with Crippen molar-refractivity contribution in [1.29, 1.82) is 0 Å². The molecule has 1 heterocycles. The van der Waals surface area contributed by atoms with Gasteiger partial charge in [0, 0.05) is 16.3 Å². The van der Waals surface area contributed by atoms with Gasteiger partial charge >= 0.3 is 0 Å². The number of rotatable bonds is 5. The van der Waals surface area contributed by atoms with Crippen molar-refractivity contribution in [3.8, 4) is 0 Å². The molecule has 1 aromatic heterocycles. The molecule has 4 nitrogen and oxygen atoms in total. The summed E-state index contributed by atoms with van der Waals surface area (Å²) in [6.45, 7) is 6.79. The van der Waals surface area contributed by atoms with Crippen LogP contribution >= 0.6 is 11.6 Å². The topological polar surface area (TPSA) is 42.2 Å². The van der Waals surface area contributed by atoms with Crippen LogP contribution in [0.2, 0.25) is 5.02 Å². The van der Waals surface area contributed by atoms with Crippen molar-refractivity contribution < 1.29 is 0 Å². The van der Waals surface area contributed by atoms with Crippen LogP contribution < -0.4 is 5.43 Å². The zero-order valence-electron chi connectivity index (χ0n) is 14.6. The summed E-state index contributed by atoms with van der Waals surface area (Å²) in [6.07, 6.45) is 1.81. The fraction of sp³-hybridized carbons (Fsp3) is 0.200. The van der Waals surface area contributed by atoms with Gasteiger partial charge in [-0.1, -0.05) is 48.0 Å². The van der Waals surface area contributed by atoms with Crippen LogP contribution in [0.5, 0.6) is 0 Å². The normalized spacial score (nSPS) is 11.2. The SMILES string of the molecule is Cc1ccc(N/N=C/c2c(C)nn(Cc3ccccc3)c2C)cc1Cl. The minimum atomic E-state index is 0.725. The fourth-order valence-electron chi connectivity index (χ4n) is 2.64. The molecule has 0 aliphatic carbocycles. The molecule has 128 valence electrons. The molecule has 0 fully saturated rings. The van der Waals surface area contributed by atoms with Gasteiger partial charge in [-0.15, -0.1) is 0 Å². The summed E-state index contributed by atoms with van der Waals surface area (Å²) in [6, 6.07) is 16.1. The van der Waals surface area contributed by atoms with Gasteiger partial charge in [0.15, 0.2) is 0 Å². The lowest BCUT2D eigenvalue weighted by Crippen LogP contribution is -2.04. The Morgan fingerprint density at radius 3 is 2.60 bits per heavy atom. The maximum Gasteiger partial charge on any atom is 0.0685 e. The molecule has 3 aromatic rings. The van der Waals surface area contributed by atoms with E-state index >= 15 is 0 Å². The number of nitrogens with one attached hydrogen (secondary N) is 1. The second-order valence-electron chi connectivity index (χ2n) is 6.06. The number of nitrogens with zero attached hydrogens (tertiary/aromatic N) is 3. The van der Waals surface area contributed by atoms with Gasteiger partial charge < -0.3 is 0 Å². The predicted molar refractivity (Wildman–Crippen MR) is 105 cm³/mol. The largest absolute Gasteiger partial charge is 0.278 e. The van der Waals surface area contributed by atoms with Crippen molar-refractivity contribution in [2.24, 2.45) is 5.10 Å². The standard InChI is InChI=1S/C20H21ClN4/c1-14-9-10-18(11-20(14)21)23-22-12-19-15(2)24-25(16(19)3)13-17-7-5-4-6-8-17/h4-12,23H,13H2,1-3H3/b22-12+. The van der Waals surface area contributed by atoms with Gasteiger partial charge in [-0.25, -0.2) is 0 Å². The fourth-order valence-corrected chi connectivity index (χ4v) is 2.82. The van der Waals surface area contributed by atoms with Crippen molar-refractivity contribution in [3.05, 3.63) is 81.6 Å². The smallest absolute Gasteiger partial charge is 0.0685 e. The number of hydrogen-bond donors (Lipinski definition) is 1. The van der Waals surface area contributed by atoms with Crippen molar-refractivity contribution in [1.82, 2.24) is 9.78 Å². The Kier molecular flexibility index (Phi) is 5.19. The molecule has 2 aromatic carbocycles. The average molecular weight is 353 g/mol. The minimum Gasteiger partial charge on any atom is -0.278 e. The summed E-state index contributed by atoms with van der Waals surface area (Å²) < 4.78 is 2.01. The van der Waals surface area contributed by atoms with Crippen molar-refractivity contribution in [2.75, 3.05) is 5.43 Å². The van der Waals surface area contributed by atoms with E-state index in [0.29, 0.717) is 0 Å². The van der Waals surface area contributed by atoms with Gasteiger partial charge in [0.2, 0.25) is 0 Å². The third kappa shape index (κ3) is 4.09. The Hall–Kier alpha value is -2.59. The van der Waals surface area contributed by atoms with Crippen LogP contribution in [0.15, 0.2) is 53.6 Å². The maximum atomic E-state index is 6.14. The third-order valence-electron chi connectivity index (χ3n) is 4.17. The Morgan fingerprint density at radius 1 is 1.12 bits per heavy atom. The molecule has 0 unspecified atom stereocenters. The van der Waals surface area contributed by atoms with Crippen molar-refractivity contribution in [3.63, 3.8) is 0 Å². The number of anilines is 1. The van der Waals surface area contributed by atoms with E-state index in [9.17, 15) is 0 Å². The summed E-state index contributed by atoms with van der Waals surface area (Å²) in [4.78, 5) is 0. The molecule has 25 heavy (non-hydrogen) atoms. The van der Waals surface area contributed by atoms with Gasteiger partial charge in [-0.3, -0.25) is 10.1 Å². The second kappa shape index (κ2) is 7.53. The summed E-state index contributed by atoms with van der Waals surface area (Å²) in [5, 5.41) is 9.70. The molecule has 0 bridgehead atoms. The van der Waals surface area contributed by atoms with E-state index in [1.54, 1.807) is 0 Å². The van der Waals surface area contributed by atoms with Gasteiger partial charge in [0.05, 0.1) is 24.1 Å². The molecule has 0 saturated carbocycles. The quantitative estimate of drug-likeness (QED) is 0.521. The molecule has 0 spiro atoms. The summed E-state index contributed by atoms with van der Waals surface area (Å²) in [5.74, 6) is 0. The number of aromatic nitrogens is 2. The Bertz CT molecular complexity index is 898. The number of halogens is 1. The molecule has 0 atom stereocenters. The van der Waals surface area contributed by atoms with Gasteiger partial charge in [0.1, 0.15) is 0 Å². The molecule has 0 aliphatic rings. The van der Waals surface area contributed by atoms with E-state index in [-0.39, 0.29) is 0 Å². The highest BCUT2D eigenvalue weighted by Crippen LogP contribution is 2.20. The Labute approximate surface area is 153 Å². The number of aryl methyl sites for hydroxylation is 2. The second-order valence-corrected chi connectivity index (χ2v) is 6.47. The van der Waals surface area contributed by atoms with Gasteiger partial charge in [-0.05, 0) is 44.0 Å². The Balaban J connectivity index is 1.75. The van der Waals surface area contributed by atoms with Crippen LogP contribution in [-0.4, -0.2) is 16.0 Å². The number of benzene rings is 2. The number of hydrogen-bond acceptors (Lipinski definition) is 3. The summed E-state index contributed by atoms with van der Waals surface area (Å²) >= 11 is 6.14. The maximum absolute atomic E-state index is 6.14. The van der Waals surface area contributed by atoms with Crippen LogP contribution in [0.4, 0.5) is 5.69 Å². The molecule has 0 saturated heterocycles. The summed E-state index contributed by atoms with van der Waals surface area (Å²) in [5.41, 5.74) is 9.23. The lowest BCUT2D eigenvalue weighted by Gasteiger charge is -2.05. The first-order valence-corrected chi connectivity index (χ1v) is 8.55. The van der Waals surface area contributed by atoms with E-state index in [0.717, 1.165) is 39.8 Å². The van der Waals surface area contributed by atoms with E-state index in [4.69, 9.17) is 11.6 Å². The lowest BCUT2D eigenvalue weighted by molar-refractivity contribution is 0.659. The molecule has 3 rings (SSSR count). The molecule has 0 aliphatic heterocycles. The van der Waals surface area contributed by atoms with E-state index in [1.165, 1.54) is 5.56 Å². The average Bonchev–Trinajstić information content (AvgIpc) is 2.86. The molecule has 1 N–H and O–H groups in total. The first kappa shape index (κ1) is 17.2. The van der Waals surface area contributed by atoms with Crippen LogP contribution in [0.3, 0.4) is 0 Å². The van der Waals surface area contributed by atoms with Crippen molar-refractivity contribution in [2.45, 2.75) is 27.3 Å². The monoisotopic (exact) mass is 352 g/mol. The highest BCUT2D eigenvalue weighted by Gasteiger charge is 2.10. The van der Waals surface area contributed by atoms with Crippen LogP contribution in [0.1, 0.15) is 28.1 Å². The molecular formula is C20H21ClN4.